The molecule has 5 heteroatoms. The standard InChI is InChI=1S/C16H23N3O2/c1-11(2)18(9-13(4)20)10-14-8-15(21)19-7-5-6-12(3)16(19)17-14/h5-8,11,13,20H,9-10H2,1-4H3. The summed E-state index contributed by atoms with van der Waals surface area (Å²) < 4.78 is 1.56. The zero-order valence-electron chi connectivity index (χ0n) is 13.1. The molecule has 21 heavy (non-hydrogen) atoms. The van der Waals surface area contributed by atoms with E-state index in [9.17, 15) is 9.90 Å². The van der Waals surface area contributed by atoms with E-state index in [1.165, 1.54) is 0 Å². The van der Waals surface area contributed by atoms with Crippen molar-refractivity contribution >= 4 is 5.65 Å². The van der Waals surface area contributed by atoms with Crippen molar-refractivity contribution in [2.24, 2.45) is 0 Å². The molecule has 1 atom stereocenters. The van der Waals surface area contributed by atoms with Gasteiger partial charge in [-0.2, -0.15) is 0 Å². The number of pyridine rings is 1. The van der Waals surface area contributed by atoms with Crippen LogP contribution in [0.2, 0.25) is 0 Å². The molecule has 0 radical (unpaired) electrons. The summed E-state index contributed by atoms with van der Waals surface area (Å²) in [6, 6.07) is 5.64. The number of hydrogen-bond acceptors (Lipinski definition) is 4. The quantitative estimate of drug-likeness (QED) is 0.908. The van der Waals surface area contributed by atoms with E-state index < -0.39 is 6.10 Å². The summed E-state index contributed by atoms with van der Waals surface area (Å²) in [6.07, 6.45) is 1.33. The first-order valence-electron chi connectivity index (χ1n) is 7.28. The Morgan fingerprint density at radius 2 is 2.10 bits per heavy atom. The number of aryl methyl sites for hydroxylation is 1. The smallest absolute Gasteiger partial charge is 0.258 e. The van der Waals surface area contributed by atoms with Crippen LogP contribution in [0.25, 0.3) is 5.65 Å². The van der Waals surface area contributed by atoms with Crippen LogP contribution in [-0.4, -0.2) is 38.1 Å². The SMILES string of the molecule is Cc1cccn2c(=O)cc(CN(CC(C)O)C(C)C)nc12. The summed E-state index contributed by atoms with van der Waals surface area (Å²) in [6.45, 7) is 8.97. The van der Waals surface area contributed by atoms with Crippen molar-refractivity contribution in [3.05, 3.63) is 46.0 Å². The Hall–Kier alpha value is -1.72. The van der Waals surface area contributed by atoms with Crippen molar-refractivity contribution in [3.8, 4) is 0 Å². The van der Waals surface area contributed by atoms with Crippen LogP contribution >= 0.6 is 0 Å². The molecule has 2 aromatic rings. The number of hydrogen-bond donors (Lipinski definition) is 1. The molecule has 0 bridgehead atoms. The minimum absolute atomic E-state index is 0.0700. The van der Waals surface area contributed by atoms with Gasteiger partial charge in [0.25, 0.3) is 5.56 Å². The van der Waals surface area contributed by atoms with E-state index in [0.717, 1.165) is 11.3 Å². The van der Waals surface area contributed by atoms with E-state index >= 15 is 0 Å². The van der Waals surface area contributed by atoms with Crippen LogP contribution in [0.4, 0.5) is 0 Å². The maximum absolute atomic E-state index is 12.2. The van der Waals surface area contributed by atoms with Gasteiger partial charge in [-0.25, -0.2) is 4.98 Å². The van der Waals surface area contributed by atoms with Gasteiger partial charge >= 0.3 is 0 Å². The number of aliphatic hydroxyl groups excluding tert-OH is 1. The molecule has 114 valence electrons. The van der Waals surface area contributed by atoms with Gasteiger partial charge < -0.3 is 5.11 Å². The molecule has 2 heterocycles. The minimum Gasteiger partial charge on any atom is -0.392 e. The zero-order chi connectivity index (χ0) is 15.6. The van der Waals surface area contributed by atoms with Crippen LogP contribution < -0.4 is 5.56 Å². The van der Waals surface area contributed by atoms with Crippen molar-refractivity contribution in [2.45, 2.75) is 46.4 Å². The Morgan fingerprint density at radius 1 is 1.38 bits per heavy atom. The average Bonchev–Trinajstić information content (AvgIpc) is 2.39. The van der Waals surface area contributed by atoms with Crippen molar-refractivity contribution in [1.29, 1.82) is 0 Å². The highest BCUT2D eigenvalue weighted by Gasteiger charge is 2.14. The number of fused-ring (bicyclic) bond motifs is 1. The minimum atomic E-state index is -0.407. The molecule has 1 N–H and O–H groups in total. The van der Waals surface area contributed by atoms with Gasteiger partial charge in [0.2, 0.25) is 0 Å². The Balaban J connectivity index is 2.38. The normalized spacial score (nSPS) is 13.3. The molecule has 2 aromatic heterocycles. The zero-order valence-corrected chi connectivity index (χ0v) is 13.1. The van der Waals surface area contributed by atoms with Gasteiger partial charge in [0, 0.05) is 31.4 Å². The molecule has 2 rings (SSSR count). The maximum Gasteiger partial charge on any atom is 0.258 e. The van der Waals surface area contributed by atoms with Gasteiger partial charge in [0.1, 0.15) is 5.65 Å². The molecule has 0 saturated heterocycles. The summed E-state index contributed by atoms with van der Waals surface area (Å²) in [5.74, 6) is 0. The van der Waals surface area contributed by atoms with Crippen LogP contribution in [0.5, 0.6) is 0 Å². The molecule has 0 spiro atoms. The van der Waals surface area contributed by atoms with E-state index in [1.54, 1.807) is 23.6 Å². The largest absolute Gasteiger partial charge is 0.392 e. The summed E-state index contributed by atoms with van der Waals surface area (Å²) >= 11 is 0. The Kier molecular flexibility index (Phi) is 4.75. The van der Waals surface area contributed by atoms with Gasteiger partial charge in [-0.3, -0.25) is 14.1 Å². The molecule has 0 saturated carbocycles. The Morgan fingerprint density at radius 3 is 2.71 bits per heavy atom. The molecule has 0 aliphatic rings. The first kappa shape index (κ1) is 15.7. The highest BCUT2D eigenvalue weighted by molar-refractivity contribution is 5.46. The third-order valence-corrected chi connectivity index (χ3v) is 3.53. The molecule has 0 aromatic carbocycles. The van der Waals surface area contributed by atoms with Crippen molar-refractivity contribution in [1.82, 2.24) is 14.3 Å². The van der Waals surface area contributed by atoms with Crippen molar-refractivity contribution < 1.29 is 5.11 Å². The molecule has 0 aliphatic heterocycles. The Bertz CT molecular complexity index is 677. The molecule has 0 fully saturated rings. The fourth-order valence-electron chi connectivity index (χ4n) is 2.40. The average molecular weight is 289 g/mol. The number of rotatable bonds is 5. The maximum atomic E-state index is 12.2. The number of aliphatic hydroxyl groups is 1. The third kappa shape index (κ3) is 3.68. The molecule has 1 unspecified atom stereocenters. The first-order chi connectivity index (χ1) is 9.88. The van der Waals surface area contributed by atoms with Gasteiger partial charge in [-0.1, -0.05) is 6.07 Å². The van der Waals surface area contributed by atoms with Crippen molar-refractivity contribution in [3.63, 3.8) is 0 Å². The molecule has 5 nitrogen and oxygen atoms in total. The predicted molar refractivity (Wildman–Crippen MR) is 83.4 cm³/mol. The van der Waals surface area contributed by atoms with Crippen LogP contribution in [0.15, 0.2) is 29.2 Å². The first-order valence-corrected chi connectivity index (χ1v) is 7.28. The van der Waals surface area contributed by atoms with Gasteiger partial charge in [0.05, 0.1) is 11.8 Å². The third-order valence-electron chi connectivity index (χ3n) is 3.53. The van der Waals surface area contributed by atoms with Crippen molar-refractivity contribution in [2.75, 3.05) is 6.54 Å². The van der Waals surface area contributed by atoms with Gasteiger partial charge in [-0.05, 0) is 39.3 Å². The summed E-state index contributed by atoms with van der Waals surface area (Å²) in [5.41, 5.74) is 2.34. The highest BCUT2D eigenvalue weighted by Crippen LogP contribution is 2.09. The fourth-order valence-corrected chi connectivity index (χ4v) is 2.40. The van der Waals surface area contributed by atoms with E-state index in [1.807, 2.05) is 19.1 Å². The summed E-state index contributed by atoms with van der Waals surface area (Å²) in [5, 5.41) is 9.59. The van der Waals surface area contributed by atoms with Gasteiger partial charge in [0.15, 0.2) is 0 Å². The lowest BCUT2D eigenvalue weighted by Gasteiger charge is -2.27. The molecular formula is C16H23N3O2. The topological polar surface area (TPSA) is 57.8 Å². The van der Waals surface area contributed by atoms with E-state index in [-0.39, 0.29) is 11.6 Å². The summed E-state index contributed by atoms with van der Waals surface area (Å²) in [4.78, 5) is 18.9. The predicted octanol–water partition coefficient (Wildman–Crippen LogP) is 1.59. The van der Waals surface area contributed by atoms with Gasteiger partial charge in [-0.15, -0.1) is 0 Å². The second-order valence-electron chi connectivity index (χ2n) is 5.84. The molecule has 0 amide bonds. The van der Waals surface area contributed by atoms with E-state index in [4.69, 9.17) is 0 Å². The lowest BCUT2D eigenvalue weighted by Crippen LogP contribution is -2.36. The number of aromatic nitrogens is 2. The van der Waals surface area contributed by atoms with Crippen LogP contribution in [0.1, 0.15) is 32.0 Å². The summed E-state index contributed by atoms with van der Waals surface area (Å²) in [7, 11) is 0. The second-order valence-corrected chi connectivity index (χ2v) is 5.84. The van der Waals surface area contributed by atoms with Crippen LogP contribution in [-0.2, 0) is 6.54 Å². The van der Waals surface area contributed by atoms with Crippen LogP contribution in [0, 0.1) is 6.92 Å². The molecule has 0 aliphatic carbocycles. The van der Waals surface area contributed by atoms with E-state index in [2.05, 4.69) is 23.7 Å². The Labute approximate surface area is 124 Å². The van der Waals surface area contributed by atoms with E-state index in [0.29, 0.717) is 18.7 Å². The second kappa shape index (κ2) is 6.37. The highest BCUT2D eigenvalue weighted by atomic mass is 16.3. The number of nitrogens with zero attached hydrogens (tertiary/aromatic N) is 3. The monoisotopic (exact) mass is 289 g/mol. The lowest BCUT2D eigenvalue weighted by atomic mass is 10.2. The fraction of sp³-hybridized carbons (Fsp3) is 0.500. The lowest BCUT2D eigenvalue weighted by molar-refractivity contribution is 0.102. The van der Waals surface area contributed by atoms with Crippen LogP contribution in [0.3, 0.4) is 0 Å². The molecular weight excluding hydrogens is 266 g/mol.